The van der Waals surface area contributed by atoms with Crippen LogP contribution in [0.25, 0.3) is 0 Å². The summed E-state index contributed by atoms with van der Waals surface area (Å²) < 4.78 is 36.8. The molecule has 105 heavy (non-hydrogen) atoms. The largest absolute Gasteiger partial charge is 0.759 e. The highest BCUT2D eigenvalue weighted by atomic mass is 32.3. The van der Waals surface area contributed by atoms with Gasteiger partial charge in [0.15, 0.2) is 0 Å². The Morgan fingerprint density at radius 1 is 0.143 bits per heavy atom. The van der Waals surface area contributed by atoms with Gasteiger partial charge in [0, 0.05) is 10.4 Å². The first-order chi connectivity index (χ1) is 51.4. The highest BCUT2D eigenvalue weighted by molar-refractivity contribution is 7.79. The quantitative estimate of drug-likeness (QED) is 0.0263. The molecule has 0 aliphatic rings. The summed E-state index contributed by atoms with van der Waals surface area (Å²) in [5.41, 5.74) is 0. The van der Waals surface area contributed by atoms with Crippen LogP contribution in [0, 0.1) is 0 Å². The summed E-state index contributed by atoms with van der Waals surface area (Å²) >= 11 is 0. The molecular weight excluding hydrogens is 1300 g/mol. The van der Waals surface area contributed by atoms with Gasteiger partial charge >= 0.3 is 0 Å². The van der Waals surface area contributed by atoms with Crippen LogP contribution >= 0.6 is 0 Å². The lowest BCUT2D eigenvalue weighted by Crippen LogP contribution is -2.46. The molecule has 636 valence electrons. The van der Waals surface area contributed by atoms with E-state index in [-0.39, 0.29) is 0 Å². The molecule has 0 bridgehead atoms. The molecule has 0 aliphatic carbocycles. The molecule has 0 radical (unpaired) electrons. The number of hydrogen-bond acceptors (Lipinski definition) is 4. The van der Waals surface area contributed by atoms with E-state index in [1.807, 2.05) is 0 Å². The van der Waals surface area contributed by atoms with E-state index in [2.05, 4.69) is 55.6 Å². The van der Waals surface area contributed by atoms with Crippen molar-refractivity contribution in [3.05, 3.63) is 0 Å². The fraction of sp³-hybridized carbons (Fsp3) is 1.00. The molecule has 6 nitrogen and oxygen atoms in total. The molecule has 0 aliphatic heterocycles. The van der Waals surface area contributed by atoms with Gasteiger partial charge < -0.3 is 18.1 Å². The fourth-order valence-electron chi connectivity index (χ4n) is 16.8. The minimum atomic E-state index is -5.17. The molecule has 0 aromatic rings. The summed E-state index contributed by atoms with van der Waals surface area (Å²) in [6.45, 7) is 22.6. The highest BCUT2D eigenvalue weighted by Crippen LogP contribution is 2.23. The monoisotopic (exact) mass is 1510 g/mol. The number of quaternary nitrogens is 2. The smallest absolute Gasteiger partial charge is 0.0784 e. The first-order valence-corrected chi connectivity index (χ1v) is 51.0. The predicted molar refractivity (Wildman–Crippen MR) is 474 cm³/mol. The van der Waals surface area contributed by atoms with E-state index in [4.69, 9.17) is 17.5 Å². The number of unbranched alkanes of at least 4 members (excludes halogenated alkanes) is 78. The van der Waals surface area contributed by atoms with Crippen LogP contribution < -0.4 is 0 Å². The van der Waals surface area contributed by atoms with Crippen LogP contribution in [0.3, 0.4) is 0 Å². The van der Waals surface area contributed by atoms with Crippen LogP contribution in [0.15, 0.2) is 0 Å². The molecule has 0 unspecified atom stereocenters. The van der Waals surface area contributed by atoms with Crippen molar-refractivity contribution in [2.24, 2.45) is 0 Å². The third-order valence-corrected chi connectivity index (χ3v) is 24.3. The van der Waals surface area contributed by atoms with Crippen molar-refractivity contribution >= 4 is 10.4 Å². The minimum absolute atomic E-state index is 1.37. The second-order valence-corrected chi connectivity index (χ2v) is 36.4. The maximum absolute atomic E-state index is 8.52. The summed E-state index contributed by atoms with van der Waals surface area (Å²) in [5, 5.41) is 0. The Bertz CT molecular complexity index is 1360. The predicted octanol–water partition coefficient (Wildman–Crippen LogP) is 34.4. The van der Waals surface area contributed by atoms with E-state index in [1.165, 1.54) is 588 Å². The molecule has 0 atom stereocenters. The van der Waals surface area contributed by atoms with Gasteiger partial charge in [-0.25, -0.2) is 0 Å². The molecule has 0 saturated carbocycles. The van der Waals surface area contributed by atoms with E-state index >= 15 is 0 Å². The standard InChI is InChI=1S/2C49H102N.H2O4S/c2*1-5-8-11-14-17-20-23-26-29-32-35-38-41-44-47-50(4,48-45-42-39-36-33-30-27-24-21-18-15-12-9-6-2)49-46-43-40-37-34-31-28-25-22-19-16-13-10-7-3;1-5(2,3)4/h2*5-49H2,1-4H3;(H2,1,2,3,4)/q2*+1;/p-2. The molecule has 7 heteroatoms. The lowest BCUT2D eigenvalue weighted by atomic mass is 10.0. The Kier molecular flexibility index (Phi) is 97.9. The zero-order valence-electron chi connectivity index (χ0n) is 74.6. The molecule has 0 aromatic carbocycles. The molecule has 0 fully saturated rings. The van der Waals surface area contributed by atoms with Crippen molar-refractivity contribution in [3.63, 3.8) is 0 Å². The number of nitrogens with zero attached hydrogens (tertiary/aromatic N) is 2. The van der Waals surface area contributed by atoms with Crippen molar-refractivity contribution in [2.75, 3.05) is 53.4 Å². The average molecular weight is 1510 g/mol. The van der Waals surface area contributed by atoms with E-state index in [0.29, 0.717) is 0 Å². The molecule has 0 N–H and O–H groups in total. The Labute approximate surface area is 667 Å². The van der Waals surface area contributed by atoms with Gasteiger partial charge in [0.2, 0.25) is 0 Å². The Morgan fingerprint density at radius 2 is 0.200 bits per heavy atom. The first kappa shape index (κ1) is 109. The molecule has 0 spiro atoms. The van der Waals surface area contributed by atoms with Gasteiger partial charge in [-0.1, -0.05) is 504 Å². The highest BCUT2D eigenvalue weighted by Gasteiger charge is 2.22. The van der Waals surface area contributed by atoms with Gasteiger partial charge in [0.05, 0.1) is 53.4 Å². The van der Waals surface area contributed by atoms with Gasteiger partial charge in [-0.15, -0.1) is 0 Å². The number of rotatable bonds is 90. The summed E-state index contributed by atoms with van der Waals surface area (Å²) in [4.78, 5) is 0. The normalized spacial score (nSPS) is 12.0. The third-order valence-electron chi connectivity index (χ3n) is 24.3. The topological polar surface area (TPSA) is 80.3 Å². The maximum atomic E-state index is 8.52. The second kappa shape index (κ2) is 94.4. The van der Waals surface area contributed by atoms with Gasteiger partial charge in [-0.2, -0.15) is 0 Å². The Morgan fingerprint density at radius 3 is 0.267 bits per heavy atom. The summed E-state index contributed by atoms with van der Waals surface area (Å²) in [6.07, 6.45) is 123. The van der Waals surface area contributed by atoms with Crippen LogP contribution in [0.4, 0.5) is 0 Å². The van der Waals surface area contributed by atoms with E-state index in [9.17, 15) is 0 Å². The summed E-state index contributed by atoms with van der Waals surface area (Å²) in [7, 11) is 0.0968. The van der Waals surface area contributed by atoms with Crippen molar-refractivity contribution in [2.45, 2.75) is 581 Å². The Balaban J connectivity index is -0.00000186. The lowest BCUT2D eigenvalue weighted by molar-refractivity contribution is -0.910. The van der Waals surface area contributed by atoms with Crippen LogP contribution in [0.5, 0.6) is 0 Å². The summed E-state index contributed by atoms with van der Waals surface area (Å²) in [6, 6.07) is 0. The van der Waals surface area contributed by atoms with E-state index in [0.717, 1.165) is 0 Å². The molecule has 0 rings (SSSR count). The number of hydrogen-bond donors (Lipinski definition) is 0. The van der Waals surface area contributed by atoms with Gasteiger partial charge in [-0.3, -0.25) is 8.42 Å². The van der Waals surface area contributed by atoms with Crippen molar-refractivity contribution in [1.82, 2.24) is 0 Å². The molecule has 0 heterocycles. The molecular formula is C98H204N2O4S. The average Bonchev–Trinajstić information content (AvgIpc) is 0.915. The van der Waals surface area contributed by atoms with Gasteiger partial charge in [0.1, 0.15) is 0 Å². The maximum Gasteiger partial charge on any atom is 0.0784 e. The molecule has 0 saturated heterocycles. The van der Waals surface area contributed by atoms with Crippen LogP contribution in [0.1, 0.15) is 581 Å². The van der Waals surface area contributed by atoms with Crippen LogP contribution in [-0.4, -0.2) is 79.9 Å². The minimum Gasteiger partial charge on any atom is -0.759 e. The zero-order valence-corrected chi connectivity index (χ0v) is 75.4. The van der Waals surface area contributed by atoms with Gasteiger partial charge in [-0.05, 0) is 77.0 Å². The van der Waals surface area contributed by atoms with Gasteiger partial charge in [0.25, 0.3) is 0 Å². The van der Waals surface area contributed by atoms with Crippen LogP contribution in [-0.2, 0) is 10.4 Å². The van der Waals surface area contributed by atoms with Crippen molar-refractivity contribution < 1.29 is 26.5 Å². The van der Waals surface area contributed by atoms with E-state index in [1.54, 1.807) is 0 Å². The van der Waals surface area contributed by atoms with E-state index < -0.39 is 10.4 Å². The zero-order chi connectivity index (χ0) is 77.1. The third kappa shape index (κ3) is 104. The molecule has 0 amide bonds. The summed E-state index contributed by atoms with van der Waals surface area (Å²) in [5.74, 6) is 0. The van der Waals surface area contributed by atoms with Crippen molar-refractivity contribution in [3.8, 4) is 0 Å². The van der Waals surface area contributed by atoms with Crippen molar-refractivity contribution in [1.29, 1.82) is 0 Å². The first-order valence-electron chi connectivity index (χ1n) is 49.7. The SMILES string of the molecule is CCCCCCCCCCCCCCCC[N+](C)(CCCCCCCCCCCCCCCC)CCCCCCCCCCCCCCCC.CCCCCCCCCCCCCCCC[N+](C)(CCCCCCCCCCCCCCCC)CCCCCCCCCCCCCCCC.O=S(=O)([O-])[O-]. The fourth-order valence-corrected chi connectivity index (χ4v) is 16.8. The lowest BCUT2D eigenvalue weighted by Gasteiger charge is -2.35. The van der Waals surface area contributed by atoms with Crippen LogP contribution in [0.2, 0.25) is 0 Å². The molecule has 0 aromatic heterocycles. The second-order valence-electron chi connectivity index (χ2n) is 35.6. The Hall–Kier alpha value is -0.210.